The molecule has 200 valence electrons. The molecule has 34 heavy (non-hydrogen) atoms. The summed E-state index contributed by atoms with van der Waals surface area (Å²) in [4.78, 5) is 3.49. The van der Waals surface area contributed by atoms with Crippen LogP contribution in [0.15, 0.2) is 60.7 Å². The average Bonchev–Trinajstić information content (AvgIpc) is 2.73. The van der Waals surface area contributed by atoms with Crippen molar-refractivity contribution in [1.29, 1.82) is 0 Å². The summed E-state index contributed by atoms with van der Waals surface area (Å²) in [5.41, 5.74) is 2.95. The smallest absolute Gasteiger partial charge is 0.127 e. The molecule has 2 aromatic carbocycles. The van der Waals surface area contributed by atoms with Gasteiger partial charge in [0.1, 0.15) is 39.3 Å². The minimum atomic E-state index is 0. The van der Waals surface area contributed by atoms with Gasteiger partial charge in [-0.25, -0.2) is 0 Å². The molecule has 10 N–H and O–H groups in total. The lowest BCUT2D eigenvalue weighted by atomic mass is 10.2. The maximum Gasteiger partial charge on any atom is 0.127 e. The molecule has 1 aliphatic rings. The van der Waals surface area contributed by atoms with E-state index in [0.717, 1.165) is 13.1 Å². The lowest BCUT2D eigenvalue weighted by Gasteiger charge is -2.24. The Morgan fingerprint density at radius 3 is 1.21 bits per heavy atom. The molecule has 3 rings (SSSR count). The lowest BCUT2D eigenvalue weighted by Crippen LogP contribution is -3.19. The first-order valence-electron chi connectivity index (χ1n) is 11.3. The van der Waals surface area contributed by atoms with Crippen molar-refractivity contribution in [3.05, 3.63) is 71.8 Å². The fourth-order valence-electron chi connectivity index (χ4n) is 4.24. The van der Waals surface area contributed by atoms with Gasteiger partial charge in [-0.05, 0) is 0 Å². The maximum absolute atomic E-state index is 2.51. The van der Waals surface area contributed by atoms with Gasteiger partial charge in [0.2, 0.25) is 0 Å². The molecule has 0 spiro atoms. The molecule has 0 aliphatic carbocycles. The third-order valence-corrected chi connectivity index (χ3v) is 5.88. The molecule has 1 saturated heterocycles. The van der Waals surface area contributed by atoms with Crippen molar-refractivity contribution < 1.29 is 99.3 Å². The van der Waals surface area contributed by atoms with Gasteiger partial charge in [-0.15, -0.1) is 0 Å². The van der Waals surface area contributed by atoms with E-state index in [1.165, 1.54) is 76.3 Å². The topological polar surface area (TPSA) is 105 Å². The fourth-order valence-corrected chi connectivity index (χ4v) is 4.24. The van der Waals surface area contributed by atoms with Gasteiger partial charge in [0, 0.05) is 24.0 Å². The van der Waals surface area contributed by atoms with Gasteiger partial charge in [0.15, 0.2) is 0 Å². The zero-order valence-corrected chi connectivity index (χ0v) is 26.3. The summed E-state index contributed by atoms with van der Waals surface area (Å²) in [7, 11) is 0. The number of quaternary nitrogens is 4. The highest BCUT2D eigenvalue weighted by Gasteiger charge is 2.16. The number of benzene rings is 2. The summed E-state index contributed by atoms with van der Waals surface area (Å²) < 4.78 is 0. The third kappa shape index (κ3) is 17.5. The molecule has 0 bridgehead atoms. The summed E-state index contributed by atoms with van der Waals surface area (Å²) >= 11 is 0. The molecule has 6 nitrogen and oxygen atoms in total. The zero-order valence-electron chi connectivity index (χ0n) is 19.9. The second-order valence-corrected chi connectivity index (χ2v) is 8.26. The van der Waals surface area contributed by atoms with E-state index in [0.29, 0.717) is 0 Å². The Balaban J connectivity index is -0.000000750. The van der Waals surface area contributed by atoms with E-state index in [4.69, 9.17) is 0 Å². The molecule has 1 aliphatic heterocycles. The number of hydrogen-bond acceptors (Lipinski definition) is 0. The van der Waals surface area contributed by atoms with Gasteiger partial charge in [-0.3, -0.25) is 0 Å². The molecule has 2 atom stereocenters. The van der Waals surface area contributed by atoms with E-state index in [2.05, 4.69) is 71.3 Å². The van der Waals surface area contributed by atoms with Crippen LogP contribution in [0, 0.1) is 0 Å². The minimum Gasteiger partial charge on any atom is -1.00 e. The van der Waals surface area contributed by atoms with E-state index >= 15 is 0 Å². The van der Waals surface area contributed by atoms with Crippen LogP contribution in [0.2, 0.25) is 0 Å². The maximum atomic E-state index is 2.51. The Bertz CT molecular complexity index is 602. The number of hydrogen-bond donors (Lipinski definition) is 4. The van der Waals surface area contributed by atoms with Crippen LogP contribution < -0.4 is 88.4 Å². The van der Waals surface area contributed by atoms with E-state index < -0.39 is 0 Å². The highest BCUT2D eigenvalue weighted by molar-refractivity contribution is 5.13. The summed E-state index contributed by atoms with van der Waals surface area (Å²) in [5.74, 6) is 0. The average molecular weight is 740 g/mol. The van der Waals surface area contributed by atoms with E-state index in [-0.39, 0.29) is 78.9 Å². The van der Waals surface area contributed by atoms with Crippen molar-refractivity contribution in [3.8, 4) is 0 Å². The number of nitrogens with two attached hydrogens (primary N) is 2. The Kier molecular flexibility index (Phi) is 31.8. The van der Waals surface area contributed by atoms with Crippen molar-refractivity contribution in [1.82, 2.24) is 0 Å². The zero-order chi connectivity index (χ0) is 19.3. The molecule has 1 heterocycles. The van der Waals surface area contributed by atoms with Gasteiger partial charge in [0.25, 0.3) is 0 Å². The Morgan fingerprint density at radius 1 is 0.500 bits per heavy atom. The normalized spacial score (nSPS) is 18.9. The first-order valence-corrected chi connectivity index (χ1v) is 11.3. The van der Waals surface area contributed by atoms with E-state index in [9.17, 15) is 0 Å². The number of nitrogens with one attached hydrogen (secondary N) is 2. The third-order valence-electron chi connectivity index (χ3n) is 5.88. The van der Waals surface area contributed by atoms with Gasteiger partial charge >= 0.3 is 0 Å². The van der Waals surface area contributed by atoms with E-state index in [1.54, 1.807) is 9.80 Å². The molecule has 2 unspecified atom stereocenters. The van der Waals surface area contributed by atoms with Crippen LogP contribution in [0.1, 0.15) is 24.0 Å². The number of rotatable bonds is 4. The van der Waals surface area contributed by atoms with Crippen molar-refractivity contribution in [2.24, 2.45) is 0 Å². The highest BCUT2D eigenvalue weighted by atomic mass is 79.9. The standard InChI is InChI=1S/C24H36N4.4BrH.2H2O/c1-3-9-23(10-4-1)21-27-17-7-13-25-15-16-26-14-8-18-28(20-19-27)22-24-11-5-2-6-12-24;;;;;;/h1-6,9-12,25-26H,7-8,13-22H2;4*1H;2*1H2. The molecule has 0 amide bonds. The number of halogens is 4. The Labute approximate surface area is 247 Å². The van der Waals surface area contributed by atoms with Crippen LogP contribution in [-0.4, -0.2) is 63.3 Å². The van der Waals surface area contributed by atoms with Gasteiger partial charge in [-0.1, -0.05) is 60.7 Å². The first kappa shape index (κ1) is 41.3. The van der Waals surface area contributed by atoms with Crippen LogP contribution >= 0.6 is 0 Å². The Morgan fingerprint density at radius 2 is 0.853 bits per heavy atom. The molecular weight excluding hydrogens is 696 g/mol. The monoisotopic (exact) mass is 736 g/mol. The molecule has 0 saturated carbocycles. The van der Waals surface area contributed by atoms with Crippen molar-refractivity contribution in [2.75, 3.05) is 52.4 Å². The minimum absolute atomic E-state index is 0. The summed E-state index contributed by atoms with van der Waals surface area (Å²) in [6, 6.07) is 22.1. The quantitative estimate of drug-likeness (QED) is 0.240. The fraction of sp³-hybridized carbons (Fsp3) is 0.500. The predicted octanol–water partition coefficient (Wildman–Crippen LogP) is -15.6. The van der Waals surface area contributed by atoms with Gasteiger partial charge in [-0.2, -0.15) is 0 Å². The molecule has 1 fully saturated rings. The van der Waals surface area contributed by atoms with Gasteiger partial charge in [0.05, 0.1) is 26.2 Å². The summed E-state index contributed by atoms with van der Waals surface area (Å²) in [6.45, 7) is 12.5. The summed E-state index contributed by atoms with van der Waals surface area (Å²) in [5, 5.41) is 5.02. The van der Waals surface area contributed by atoms with Crippen LogP contribution in [0.3, 0.4) is 0 Å². The predicted molar refractivity (Wildman–Crippen MR) is 121 cm³/mol. The molecule has 10 heteroatoms. The second kappa shape index (κ2) is 26.2. The molecule has 2 aromatic rings. The van der Waals surface area contributed by atoms with Crippen molar-refractivity contribution in [3.63, 3.8) is 0 Å². The van der Waals surface area contributed by atoms with E-state index in [1.807, 2.05) is 0 Å². The molecule has 0 radical (unpaired) electrons. The van der Waals surface area contributed by atoms with Crippen LogP contribution in [0.5, 0.6) is 0 Å². The van der Waals surface area contributed by atoms with Crippen LogP contribution in [0.4, 0.5) is 0 Å². The molecular formula is C24H44Br4N4O2. The first-order chi connectivity index (χ1) is 13.9. The van der Waals surface area contributed by atoms with Crippen LogP contribution in [-0.2, 0) is 13.1 Å². The lowest BCUT2D eigenvalue weighted by molar-refractivity contribution is -0.972. The van der Waals surface area contributed by atoms with Gasteiger partial charge < -0.3 is 99.3 Å². The second-order valence-electron chi connectivity index (χ2n) is 8.26. The largest absolute Gasteiger partial charge is 1.00 e. The highest BCUT2D eigenvalue weighted by Crippen LogP contribution is 1.96. The van der Waals surface area contributed by atoms with Crippen molar-refractivity contribution >= 4 is 0 Å². The van der Waals surface area contributed by atoms with Crippen LogP contribution in [0.25, 0.3) is 0 Å². The Hall–Kier alpha value is 0.120. The molecule has 0 aromatic heterocycles. The summed E-state index contributed by atoms with van der Waals surface area (Å²) in [6.07, 6.45) is 2.63. The SMILES string of the molecule is O.O.[Br-].[Br-].[Br-].[Br-].c1ccc(C[NH+]2CCC[NH2+]CC[NH2+]CCC[NH+](Cc3ccccc3)CC2)cc1. The van der Waals surface area contributed by atoms with Crippen molar-refractivity contribution in [2.45, 2.75) is 25.9 Å².